The van der Waals surface area contributed by atoms with Crippen molar-refractivity contribution >= 4 is 11.9 Å². The zero-order chi connectivity index (χ0) is 18.7. The summed E-state index contributed by atoms with van der Waals surface area (Å²) >= 11 is 0. The number of hydrogen-bond acceptors (Lipinski definition) is 6. The fourth-order valence-electron chi connectivity index (χ4n) is 2.68. The van der Waals surface area contributed by atoms with Crippen LogP contribution in [-0.2, 0) is 24.4 Å². The average Bonchev–Trinajstić information content (AvgIpc) is 3.02. The number of fused-ring (bicyclic) bond motifs is 1. The minimum absolute atomic E-state index is 0.287. The van der Waals surface area contributed by atoms with E-state index < -0.39 is 5.60 Å². The normalized spacial score (nSPS) is 13.1. The topological polar surface area (TPSA) is 91.1 Å². The number of hydrogen-bond donors (Lipinski definition) is 1. The molecule has 7 nitrogen and oxygen atoms in total. The lowest BCUT2D eigenvalue weighted by atomic mass is 10.1. The highest BCUT2D eigenvalue weighted by Crippen LogP contribution is 2.26. The molecule has 1 aromatic carbocycles. The molecule has 2 heterocycles. The Kier molecular flexibility index (Phi) is 4.76. The SMILES string of the molecule is CC(C)(C)OC(=O)N1Cc2ccc(CNc3cnc(C#N)cn3)cc2C1. The molecule has 134 valence electrons. The number of nitriles is 1. The predicted molar refractivity (Wildman–Crippen MR) is 96.0 cm³/mol. The number of anilines is 1. The molecule has 1 aliphatic heterocycles. The van der Waals surface area contributed by atoms with Crippen LogP contribution < -0.4 is 5.32 Å². The van der Waals surface area contributed by atoms with Crippen molar-refractivity contribution in [2.24, 2.45) is 0 Å². The maximum Gasteiger partial charge on any atom is 0.410 e. The van der Waals surface area contributed by atoms with E-state index in [2.05, 4.69) is 21.4 Å². The third kappa shape index (κ3) is 4.28. The Morgan fingerprint density at radius 1 is 1.27 bits per heavy atom. The standard InChI is InChI=1S/C19H21N5O2/c1-19(2,3)26-18(25)24-11-14-5-4-13(6-15(14)12-24)8-22-17-10-21-16(7-20)9-23-17/h4-6,9-10H,8,11-12H2,1-3H3,(H,22,23). The second kappa shape index (κ2) is 7.00. The van der Waals surface area contributed by atoms with Gasteiger partial charge in [0.1, 0.15) is 17.5 Å². The molecule has 2 aromatic rings. The van der Waals surface area contributed by atoms with Gasteiger partial charge >= 0.3 is 6.09 Å². The van der Waals surface area contributed by atoms with Gasteiger partial charge in [-0.2, -0.15) is 5.26 Å². The number of rotatable bonds is 3. The van der Waals surface area contributed by atoms with E-state index in [1.54, 1.807) is 4.90 Å². The molecule has 0 radical (unpaired) electrons. The zero-order valence-corrected chi connectivity index (χ0v) is 15.1. The molecule has 0 saturated heterocycles. The lowest BCUT2D eigenvalue weighted by Gasteiger charge is -2.24. The lowest BCUT2D eigenvalue weighted by molar-refractivity contribution is 0.0242. The second-order valence-electron chi connectivity index (χ2n) is 7.19. The van der Waals surface area contributed by atoms with E-state index in [4.69, 9.17) is 10.00 Å². The van der Waals surface area contributed by atoms with Crippen LogP contribution in [0, 0.1) is 11.3 Å². The number of carbonyl (C=O) groups is 1. The highest BCUT2D eigenvalue weighted by Gasteiger charge is 2.27. The molecule has 1 N–H and O–H groups in total. The molecule has 1 aromatic heterocycles. The van der Waals surface area contributed by atoms with E-state index >= 15 is 0 Å². The van der Waals surface area contributed by atoms with E-state index in [0.29, 0.717) is 25.5 Å². The van der Waals surface area contributed by atoms with Gasteiger partial charge in [-0.15, -0.1) is 0 Å². The third-order valence-electron chi connectivity index (χ3n) is 3.88. The molecule has 0 unspecified atom stereocenters. The van der Waals surface area contributed by atoms with Crippen molar-refractivity contribution in [1.29, 1.82) is 5.26 Å². The molecular weight excluding hydrogens is 330 g/mol. The van der Waals surface area contributed by atoms with Crippen LogP contribution in [0.5, 0.6) is 0 Å². The monoisotopic (exact) mass is 351 g/mol. The fraction of sp³-hybridized carbons (Fsp3) is 0.368. The summed E-state index contributed by atoms with van der Waals surface area (Å²) < 4.78 is 5.44. The molecule has 7 heteroatoms. The van der Waals surface area contributed by atoms with E-state index in [-0.39, 0.29) is 11.8 Å². The number of carbonyl (C=O) groups excluding carboxylic acids is 1. The first-order valence-electron chi connectivity index (χ1n) is 8.39. The third-order valence-corrected chi connectivity index (χ3v) is 3.88. The van der Waals surface area contributed by atoms with Crippen molar-refractivity contribution < 1.29 is 9.53 Å². The molecule has 0 bridgehead atoms. The van der Waals surface area contributed by atoms with Crippen molar-refractivity contribution in [3.8, 4) is 6.07 Å². The Morgan fingerprint density at radius 2 is 2.04 bits per heavy atom. The number of amides is 1. The molecular formula is C19H21N5O2. The number of ether oxygens (including phenoxy) is 1. The van der Waals surface area contributed by atoms with E-state index in [9.17, 15) is 4.79 Å². The summed E-state index contributed by atoms with van der Waals surface area (Å²) in [6.45, 7) is 7.30. The summed E-state index contributed by atoms with van der Waals surface area (Å²) in [7, 11) is 0. The predicted octanol–water partition coefficient (Wildman–Crippen LogP) is 3.21. The summed E-state index contributed by atoms with van der Waals surface area (Å²) in [4.78, 5) is 22.1. The Balaban J connectivity index is 1.61. The minimum Gasteiger partial charge on any atom is -0.444 e. The van der Waals surface area contributed by atoms with Crippen LogP contribution in [0.2, 0.25) is 0 Å². The molecule has 0 spiro atoms. The summed E-state index contributed by atoms with van der Waals surface area (Å²) in [5, 5.41) is 11.9. The summed E-state index contributed by atoms with van der Waals surface area (Å²) in [6.07, 6.45) is 2.68. The number of nitrogens with one attached hydrogen (secondary N) is 1. The van der Waals surface area contributed by atoms with Crippen molar-refractivity contribution in [2.45, 2.75) is 46.0 Å². The first kappa shape index (κ1) is 17.7. The Hall–Kier alpha value is -3.14. The Morgan fingerprint density at radius 3 is 2.69 bits per heavy atom. The smallest absolute Gasteiger partial charge is 0.410 e. The van der Waals surface area contributed by atoms with Crippen LogP contribution >= 0.6 is 0 Å². The summed E-state index contributed by atoms with van der Waals surface area (Å²) in [6, 6.07) is 8.10. The fourth-order valence-corrected chi connectivity index (χ4v) is 2.68. The van der Waals surface area contributed by atoms with Crippen LogP contribution in [0.15, 0.2) is 30.6 Å². The molecule has 0 saturated carbocycles. The molecule has 26 heavy (non-hydrogen) atoms. The zero-order valence-electron chi connectivity index (χ0n) is 15.1. The highest BCUT2D eigenvalue weighted by molar-refractivity contribution is 5.69. The molecule has 1 aliphatic rings. The number of nitrogens with zero attached hydrogens (tertiary/aromatic N) is 4. The summed E-state index contributed by atoms with van der Waals surface area (Å²) in [5.41, 5.74) is 3.14. The second-order valence-corrected chi connectivity index (χ2v) is 7.19. The molecule has 1 amide bonds. The molecule has 0 fully saturated rings. The largest absolute Gasteiger partial charge is 0.444 e. The average molecular weight is 351 g/mol. The van der Waals surface area contributed by atoms with E-state index in [1.165, 1.54) is 12.4 Å². The van der Waals surface area contributed by atoms with Gasteiger partial charge < -0.3 is 10.1 Å². The van der Waals surface area contributed by atoms with Crippen molar-refractivity contribution in [2.75, 3.05) is 5.32 Å². The quantitative estimate of drug-likeness (QED) is 0.913. The number of benzene rings is 1. The molecule has 0 aliphatic carbocycles. The first-order chi connectivity index (χ1) is 12.3. The van der Waals surface area contributed by atoms with Gasteiger partial charge in [0.05, 0.1) is 12.4 Å². The van der Waals surface area contributed by atoms with E-state index in [1.807, 2.05) is 39.0 Å². The van der Waals surface area contributed by atoms with Gasteiger partial charge in [-0.25, -0.2) is 14.8 Å². The van der Waals surface area contributed by atoms with Crippen LogP contribution in [-0.4, -0.2) is 26.6 Å². The maximum atomic E-state index is 12.2. The van der Waals surface area contributed by atoms with Gasteiger partial charge in [-0.1, -0.05) is 18.2 Å². The molecule has 0 atom stereocenters. The van der Waals surface area contributed by atoms with Crippen molar-refractivity contribution in [1.82, 2.24) is 14.9 Å². The van der Waals surface area contributed by atoms with Crippen LogP contribution in [0.1, 0.15) is 43.2 Å². The Bertz CT molecular complexity index is 850. The maximum absolute atomic E-state index is 12.2. The van der Waals surface area contributed by atoms with Crippen LogP contribution in [0.25, 0.3) is 0 Å². The van der Waals surface area contributed by atoms with Gasteiger partial charge in [-0.3, -0.25) is 4.90 Å². The van der Waals surface area contributed by atoms with Crippen LogP contribution in [0.4, 0.5) is 10.6 Å². The summed E-state index contributed by atoms with van der Waals surface area (Å²) in [5.74, 6) is 0.611. The van der Waals surface area contributed by atoms with Crippen molar-refractivity contribution in [3.05, 3.63) is 53.0 Å². The van der Waals surface area contributed by atoms with Gasteiger partial charge in [0.2, 0.25) is 0 Å². The van der Waals surface area contributed by atoms with Gasteiger partial charge in [0.15, 0.2) is 5.69 Å². The lowest BCUT2D eigenvalue weighted by Crippen LogP contribution is -2.33. The van der Waals surface area contributed by atoms with Gasteiger partial charge in [0, 0.05) is 19.6 Å². The first-order valence-corrected chi connectivity index (χ1v) is 8.39. The molecule has 3 rings (SSSR count). The minimum atomic E-state index is -0.497. The Labute approximate surface area is 152 Å². The van der Waals surface area contributed by atoms with Crippen LogP contribution in [0.3, 0.4) is 0 Å². The van der Waals surface area contributed by atoms with Crippen molar-refractivity contribution in [3.63, 3.8) is 0 Å². The van der Waals surface area contributed by atoms with E-state index in [0.717, 1.165) is 16.7 Å². The van der Waals surface area contributed by atoms with Gasteiger partial charge in [0.25, 0.3) is 0 Å². The number of aromatic nitrogens is 2. The highest BCUT2D eigenvalue weighted by atomic mass is 16.6. The van der Waals surface area contributed by atoms with Gasteiger partial charge in [-0.05, 0) is 37.5 Å².